The minimum atomic E-state index is -1.02. The van der Waals surface area contributed by atoms with Crippen LogP contribution in [0, 0.1) is 13.8 Å². The summed E-state index contributed by atoms with van der Waals surface area (Å²) >= 11 is 1.61. The number of nitrogen functional groups attached to an aromatic ring is 1. The van der Waals surface area contributed by atoms with Crippen LogP contribution in [0.1, 0.15) is 25.8 Å². The summed E-state index contributed by atoms with van der Waals surface area (Å²) in [6.45, 7) is 4.36. The molecule has 100 valence electrons. The van der Waals surface area contributed by atoms with Gasteiger partial charge < -0.3 is 16.2 Å². The van der Waals surface area contributed by atoms with Crippen molar-refractivity contribution < 1.29 is 9.90 Å². The van der Waals surface area contributed by atoms with Crippen LogP contribution in [0.15, 0.2) is 18.3 Å². The van der Waals surface area contributed by atoms with Crippen molar-refractivity contribution >= 4 is 28.7 Å². The number of nitrogens with zero attached hydrogens (tertiary/aromatic N) is 1. The van der Waals surface area contributed by atoms with Gasteiger partial charge in [0.2, 0.25) is 0 Å². The van der Waals surface area contributed by atoms with Crippen LogP contribution in [-0.2, 0) is 6.54 Å². The summed E-state index contributed by atoms with van der Waals surface area (Å²) in [6, 6.07) is 3.38. The zero-order valence-electron chi connectivity index (χ0n) is 10.7. The van der Waals surface area contributed by atoms with Gasteiger partial charge in [-0.3, -0.25) is 0 Å². The number of carboxylic acids is 1. The zero-order chi connectivity index (χ0) is 14.0. The van der Waals surface area contributed by atoms with E-state index in [1.54, 1.807) is 24.3 Å². The van der Waals surface area contributed by atoms with Gasteiger partial charge in [0.15, 0.2) is 0 Å². The largest absolute Gasteiger partial charge is 0.478 e. The topological polar surface area (TPSA) is 88.2 Å². The lowest BCUT2D eigenvalue weighted by molar-refractivity contribution is 0.0698. The van der Waals surface area contributed by atoms with Crippen LogP contribution in [0.3, 0.4) is 0 Å². The Morgan fingerprint density at radius 2 is 2.21 bits per heavy atom. The molecule has 0 saturated carbocycles. The number of nitrogens with two attached hydrogens (primary N) is 1. The zero-order valence-corrected chi connectivity index (χ0v) is 11.5. The third kappa shape index (κ3) is 3.03. The molecule has 0 unspecified atom stereocenters. The maximum absolute atomic E-state index is 11.1. The molecule has 6 heteroatoms. The lowest BCUT2D eigenvalue weighted by Crippen LogP contribution is -2.07. The van der Waals surface area contributed by atoms with E-state index in [0.29, 0.717) is 12.2 Å². The van der Waals surface area contributed by atoms with E-state index in [4.69, 9.17) is 10.8 Å². The molecule has 0 amide bonds. The summed E-state index contributed by atoms with van der Waals surface area (Å²) in [7, 11) is 0. The molecule has 2 aromatic rings. The molecule has 0 radical (unpaired) electrons. The first-order chi connectivity index (χ1) is 8.97. The SMILES string of the molecule is Cc1cnc(CNc2cc(C)c(N)c(C(=O)O)c2)s1. The third-order valence-electron chi connectivity index (χ3n) is 2.73. The van der Waals surface area contributed by atoms with Gasteiger partial charge in [-0.15, -0.1) is 11.3 Å². The van der Waals surface area contributed by atoms with Gasteiger partial charge in [-0.1, -0.05) is 0 Å². The van der Waals surface area contributed by atoms with Gasteiger partial charge in [0, 0.05) is 22.4 Å². The molecule has 0 aliphatic carbocycles. The quantitative estimate of drug-likeness (QED) is 0.748. The van der Waals surface area contributed by atoms with Crippen molar-refractivity contribution in [1.82, 2.24) is 4.98 Å². The second-order valence-corrected chi connectivity index (χ2v) is 5.60. The number of aryl methyl sites for hydroxylation is 2. The van der Waals surface area contributed by atoms with Gasteiger partial charge >= 0.3 is 5.97 Å². The number of aromatic nitrogens is 1. The average molecular weight is 277 g/mol. The van der Waals surface area contributed by atoms with E-state index in [9.17, 15) is 4.79 Å². The average Bonchev–Trinajstić information content (AvgIpc) is 2.76. The first-order valence-electron chi connectivity index (χ1n) is 5.76. The van der Waals surface area contributed by atoms with Crippen molar-refractivity contribution in [2.24, 2.45) is 0 Å². The fraction of sp³-hybridized carbons (Fsp3) is 0.231. The molecular formula is C13H15N3O2S. The molecule has 1 aromatic heterocycles. The number of carboxylic acid groups (broad SMARTS) is 1. The molecule has 0 fully saturated rings. The highest BCUT2D eigenvalue weighted by Gasteiger charge is 2.11. The maximum Gasteiger partial charge on any atom is 0.337 e. The molecule has 0 atom stereocenters. The Hall–Kier alpha value is -2.08. The number of nitrogens with one attached hydrogen (secondary N) is 1. The Bertz CT molecular complexity index is 622. The monoisotopic (exact) mass is 277 g/mol. The van der Waals surface area contributed by atoms with Gasteiger partial charge in [-0.05, 0) is 31.5 Å². The normalized spacial score (nSPS) is 10.4. The van der Waals surface area contributed by atoms with Crippen LogP contribution in [0.2, 0.25) is 0 Å². The summed E-state index contributed by atoms with van der Waals surface area (Å²) in [5, 5.41) is 13.2. The first kappa shape index (κ1) is 13.4. The Labute approximate surface area is 115 Å². The highest BCUT2D eigenvalue weighted by atomic mass is 32.1. The number of anilines is 2. The van der Waals surface area contributed by atoms with Crippen LogP contribution < -0.4 is 11.1 Å². The number of rotatable bonds is 4. The molecule has 1 aromatic carbocycles. The molecule has 0 aliphatic rings. The van der Waals surface area contributed by atoms with Crippen molar-refractivity contribution in [3.63, 3.8) is 0 Å². The van der Waals surface area contributed by atoms with Crippen LogP contribution in [0.4, 0.5) is 11.4 Å². The van der Waals surface area contributed by atoms with Crippen molar-refractivity contribution in [2.45, 2.75) is 20.4 Å². The number of benzene rings is 1. The van der Waals surface area contributed by atoms with Gasteiger partial charge in [0.05, 0.1) is 12.1 Å². The van der Waals surface area contributed by atoms with Crippen LogP contribution >= 0.6 is 11.3 Å². The van der Waals surface area contributed by atoms with E-state index < -0.39 is 5.97 Å². The van der Waals surface area contributed by atoms with Gasteiger partial charge in [0.25, 0.3) is 0 Å². The van der Waals surface area contributed by atoms with E-state index in [0.717, 1.165) is 21.1 Å². The van der Waals surface area contributed by atoms with Crippen LogP contribution in [0.25, 0.3) is 0 Å². The molecule has 0 saturated heterocycles. The fourth-order valence-corrected chi connectivity index (χ4v) is 2.47. The lowest BCUT2D eigenvalue weighted by atomic mass is 10.1. The van der Waals surface area contributed by atoms with Crippen molar-refractivity contribution in [2.75, 3.05) is 11.1 Å². The Morgan fingerprint density at radius 3 is 2.79 bits per heavy atom. The van der Waals surface area contributed by atoms with Crippen LogP contribution in [0.5, 0.6) is 0 Å². The van der Waals surface area contributed by atoms with E-state index in [2.05, 4.69) is 10.3 Å². The summed E-state index contributed by atoms with van der Waals surface area (Å²) in [6.07, 6.45) is 1.82. The molecule has 4 N–H and O–H groups in total. The van der Waals surface area contributed by atoms with Crippen LogP contribution in [-0.4, -0.2) is 16.1 Å². The molecule has 0 bridgehead atoms. The Morgan fingerprint density at radius 1 is 1.47 bits per heavy atom. The highest BCUT2D eigenvalue weighted by Crippen LogP contribution is 2.23. The number of hydrogen-bond donors (Lipinski definition) is 3. The molecule has 5 nitrogen and oxygen atoms in total. The fourth-order valence-electron chi connectivity index (χ4n) is 1.74. The van der Waals surface area contributed by atoms with Gasteiger partial charge in [-0.2, -0.15) is 0 Å². The van der Waals surface area contributed by atoms with E-state index >= 15 is 0 Å². The predicted molar refractivity (Wildman–Crippen MR) is 76.7 cm³/mol. The highest BCUT2D eigenvalue weighted by molar-refractivity contribution is 7.11. The van der Waals surface area contributed by atoms with Crippen molar-refractivity contribution in [1.29, 1.82) is 0 Å². The molecule has 0 spiro atoms. The smallest absolute Gasteiger partial charge is 0.337 e. The van der Waals surface area contributed by atoms with E-state index in [-0.39, 0.29) is 5.56 Å². The first-order valence-corrected chi connectivity index (χ1v) is 6.57. The Balaban J connectivity index is 2.19. The summed E-state index contributed by atoms with van der Waals surface area (Å²) in [4.78, 5) is 16.5. The Kier molecular flexibility index (Phi) is 3.71. The third-order valence-corrected chi connectivity index (χ3v) is 3.64. The van der Waals surface area contributed by atoms with E-state index in [1.165, 1.54) is 0 Å². The second-order valence-electron chi connectivity index (χ2n) is 4.28. The molecule has 1 heterocycles. The standard InChI is InChI=1S/C13H15N3O2S/c1-7-3-9(4-10(12(7)14)13(17)18)15-6-11-16-5-8(2)19-11/h3-5,15H,6,14H2,1-2H3,(H,17,18). The van der Waals surface area contributed by atoms with Crippen molar-refractivity contribution in [3.05, 3.63) is 39.3 Å². The molecule has 19 heavy (non-hydrogen) atoms. The van der Waals surface area contributed by atoms with E-state index in [1.807, 2.05) is 19.2 Å². The molecular weight excluding hydrogens is 262 g/mol. The predicted octanol–water partition coefficient (Wildman–Crippen LogP) is 2.65. The summed E-state index contributed by atoms with van der Waals surface area (Å²) < 4.78 is 0. The van der Waals surface area contributed by atoms with Gasteiger partial charge in [-0.25, -0.2) is 9.78 Å². The summed E-state index contributed by atoms with van der Waals surface area (Å²) in [5.41, 5.74) is 7.66. The number of aromatic carboxylic acids is 1. The molecule has 0 aliphatic heterocycles. The van der Waals surface area contributed by atoms with Gasteiger partial charge in [0.1, 0.15) is 5.01 Å². The molecule has 2 rings (SSSR count). The summed E-state index contributed by atoms with van der Waals surface area (Å²) in [5.74, 6) is -1.02. The number of thiazole rings is 1. The number of carbonyl (C=O) groups is 1. The second kappa shape index (κ2) is 5.27. The minimum absolute atomic E-state index is 0.123. The maximum atomic E-state index is 11.1. The van der Waals surface area contributed by atoms with Crippen molar-refractivity contribution in [3.8, 4) is 0 Å². The lowest BCUT2D eigenvalue weighted by Gasteiger charge is -2.10. The minimum Gasteiger partial charge on any atom is -0.478 e. The number of hydrogen-bond acceptors (Lipinski definition) is 5.